The van der Waals surface area contributed by atoms with Crippen LogP contribution in [0.3, 0.4) is 0 Å². The molecule has 2 N–H and O–H groups in total. The van der Waals surface area contributed by atoms with E-state index in [1.54, 1.807) is 13.1 Å². The number of rotatable bonds is 4. The number of hydrogen-bond donors (Lipinski definition) is 2. The Morgan fingerprint density at radius 1 is 1.00 bits per heavy atom. The summed E-state index contributed by atoms with van der Waals surface area (Å²) in [6.45, 7) is 0. The maximum absolute atomic E-state index is 11.5. The molecule has 0 atom stereocenters. The van der Waals surface area contributed by atoms with Gasteiger partial charge in [0.15, 0.2) is 0 Å². The van der Waals surface area contributed by atoms with E-state index in [1.807, 2.05) is 34.9 Å². The van der Waals surface area contributed by atoms with Gasteiger partial charge in [-0.1, -0.05) is 30.3 Å². The number of aryl methyl sites for hydroxylation is 1. The minimum absolute atomic E-state index is 0.220. The van der Waals surface area contributed by atoms with Crippen molar-refractivity contribution in [3.05, 3.63) is 60.0 Å². The van der Waals surface area contributed by atoms with Crippen LogP contribution in [0.25, 0.3) is 22.2 Å². The van der Waals surface area contributed by atoms with Gasteiger partial charge < -0.3 is 4.57 Å². The number of benzene rings is 2. The molecular formula is C17H17N3O5S2. The number of nitrogens with zero attached hydrogens (tertiary/aromatic N) is 2. The van der Waals surface area contributed by atoms with E-state index in [4.69, 9.17) is 0 Å². The molecule has 1 aromatic heterocycles. The van der Waals surface area contributed by atoms with Crippen LogP contribution in [0, 0.1) is 0 Å². The zero-order valence-corrected chi connectivity index (χ0v) is 16.1. The van der Waals surface area contributed by atoms with Crippen molar-refractivity contribution in [3.63, 3.8) is 0 Å². The summed E-state index contributed by atoms with van der Waals surface area (Å²) < 4.78 is 57.0. The van der Waals surface area contributed by atoms with Crippen LogP contribution in [-0.4, -0.2) is 32.2 Å². The first-order valence-electron chi connectivity index (χ1n) is 7.73. The lowest BCUT2D eigenvalue weighted by molar-refractivity contribution is 0.483. The molecule has 0 aliphatic rings. The molecule has 0 aliphatic carbocycles. The third-order valence-electron chi connectivity index (χ3n) is 3.94. The Morgan fingerprint density at radius 2 is 1.67 bits per heavy atom. The highest BCUT2D eigenvalue weighted by atomic mass is 32.2. The van der Waals surface area contributed by atoms with E-state index in [9.17, 15) is 21.4 Å². The molecular weight excluding hydrogens is 390 g/mol. The molecule has 8 nitrogen and oxygen atoms in total. The zero-order chi connectivity index (χ0) is 19.8. The summed E-state index contributed by atoms with van der Waals surface area (Å²) in [7, 11) is -6.23. The average Bonchev–Trinajstić information content (AvgIpc) is 2.60. The fourth-order valence-electron chi connectivity index (χ4n) is 2.72. The lowest BCUT2D eigenvalue weighted by atomic mass is 10.1. The van der Waals surface area contributed by atoms with Crippen molar-refractivity contribution in [1.29, 1.82) is 0 Å². The molecule has 27 heavy (non-hydrogen) atoms. The van der Waals surface area contributed by atoms with Crippen LogP contribution in [0.1, 0.15) is 0 Å². The van der Waals surface area contributed by atoms with Crippen LogP contribution in [0.5, 0.6) is 0 Å². The Kier molecular flexibility index (Phi) is 4.81. The molecule has 142 valence electrons. The summed E-state index contributed by atoms with van der Waals surface area (Å²) >= 11 is 0. The van der Waals surface area contributed by atoms with Crippen LogP contribution >= 0.6 is 0 Å². The van der Waals surface area contributed by atoms with Crippen LogP contribution in [-0.2, 0) is 27.2 Å². The molecule has 0 spiro atoms. The smallest absolute Gasteiger partial charge is 0.294 e. The molecule has 10 heteroatoms. The third-order valence-corrected chi connectivity index (χ3v) is 5.21. The standard InChI is InChI=1S/C17H17N3O5S2/c1-20-16-9-8-13(27(23,24)25)10-14(16)15(18-19-26(2,21)22)11-17(20)12-6-4-3-5-7-12/h3-11,19H,1-2H3,(H,23,24,25)/b18-15+. The van der Waals surface area contributed by atoms with E-state index < -0.39 is 20.1 Å². The second-order valence-electron chi connectivity index (χ2n) is 5.97. The fraction of sp³-hybridized carbons (Fsp3) is 0.118. The van der Waals surface area contributed by atoms with Gasteiger partial charge in [-0.3, -0.25) is 4.55 Å². The molecule has 0 saturated carbocycles. The van der Waals surface area contributed by atoms with Gasteiger partial charge in [0.1, 0.15) is 0 Å². The highest BCUT2D eigenvalue weighted by Crippen LogP contribution is 2.23. The fourth-order valence-corrected chi connectivity index (χ4v) is 3.49. The van der Waals surface area contributed by atoms with E-state index in [-0.39, 0.29) is 10.3 Å². The molecule has 0 unspecified atom stereocenters. The van der Waals surface area contributed by atoms with Gasteiger partial charge in [0.2, 0.25) is 10.0 Å². The summed E-state index contributed by atoms with van der Waals surface area (Å²) in [5.41, 5.74) is 2.23. The summed E-state index contributed by atoms with van der Waals surface area (Å²) in [5, 5.41) is 4.51. The van der Waals surface area contributed by atoms with Gasteiger partial charge in [-0.05, 0) is 29.8 Å². The molecule has 1 heterocycles. The maximum Gasteiger partial charge on any atom is 0.294 e. The first-order chi connectivity index (χ1) is 12.6. The Hall–Kier alpha value is -2.69. The van der Waals surface area contributed by atoms with E-state index in [2.05, 4.69) is 9.93 Å². The Labute approximate surface area is 156 Å². The first kappa shape index (κ1) is 19.1. The highest BCUT2D eigenvalue weighted by Gasteiger charge is 2.14. The van der Waals surface area contributed by atoms with E-state index in [1.165, 1.54) is 18.2 Å². The Morgan fingerprint density at radius 3 is 2.26 bits per heavy atom. The average molecular weight is 407 g/mol. The van der Waals surface area contributed by atoms with Crippen molar-refractivity contribution in [2.45, 2.75) is 4.90 Å². The van der Waals surface area contributed by atoms with E-state index in [0.29, 0.717) is 10.9 Å². The van der Waals surface area contributed by atoms with Gasteiger partial charge in [-0.2, -0.15) is 13.5 Å². The Balaban J connectivity index is 2.41. The van der Waals surface area contributed by atoms with Crippen molar-refractivity contribution in [2.24, 2.45) is 12.1 Å². The van der Waals surface area contributed by atoms with Gasteiger partial charge in [-0.15, -0.1) is 0 Å². The normalized spacial score (nSPS) is 13.1. The van der Waals surface area contributed by atoms with Gasteiger partial charge in [0.25, 0.3) is 10.1 Å². The zero-order valence-electron chi connectivity index (χ0n) is 14.5. The number of fused-ring (bicyclic) bond motifs is 1. The Bertz CT molecular complexity index is 1300. The van der Waals surface area contributed by atoms with E-state index in [0.717, 1.165) is 17.5 Å². The number of pyridine rings is 1. The molecule has 3 rings (SSSR count). The molecule has 2 aromatic carbocycles. The molecule has 0 amide bonds. The van der Waals surface area contributed by atoms with Gasteiger partial charge >= 0.3 is 0 Å². The third kappa shape index (κ3) is 4.18. The van der Waals surface area contributed by atoms with Crippen LogP contribution < -0.4 is 10.2 Å². The van der Waals surface area contributed by atoms with E-state index >= 15 is 0 Å². The maximum atomic E-state index is 11.5. The largest absolute Gasteiger partial charge is 0.344 e. The van der Waals surface area contributed by atoms with Crippen molar-refractivity contribution >= 4 is 31.0 Å². The van der Waals surface area contributed by atoms with Gasteiger partial charge in [-0.25, -0.2) is 13.2 Å². The summed E-state index contributed by atoms with van der Waals surface area (Å²) in [6.07, 6.45) is 0.962. The highest BCUT2D eigenvalue weighted by molar-refractivity contribution is 7.88. The monoisotopic (exact) mass is 407 g/mol. The SMILES string of the molecule is Cn1c(-c2ccccc2)c/c(=N\NS(C)(=O)=O)c2cc(S(=O)(=O)O)ccc21. The predicted molar refractivity (Wildman–Crippen MR) is 102 cm³/mol. The second kappa shape index (κ2) is 6.80. The van der Waals surface area contributed by atoms with Gasteiger partial charge in [0, 0.05) is 12.4 Å². The topological polar surface area (TPSA) is 118 Å². The predicted octanol–water partition coefficient (Wildman–Crippen LogP) is 1.46. The number of aromatic nitrogens is 1. The molecule has 0 saturated heterocycles. The molecule has 0 fully saturated rings. The first-order valence-corrected chi connectivity index (χ1v) is 11.1. The molecule has 0 aliphatic heterocycles. The quantitative estimate of drug-likeness (QED) is 0.501. The van der Waals surface area contributed by atoms with Crippen molar-refractivity contribution < 1.29 is 21.4 Å². The number of sulfonamides is 1. The summed E-state index contributed by atoms with van der Waals surface area (Å²) in [4.78, 5) is 1.76. The lowest BCUT2D eigenvalue weighted by Crippen LogP contribution is -2.21. The second-order valence-corrected chi connectivity index (χ2v) is 9.12. The minimum atomic E-state index is -4.42. The van der Waals surface area contributed by atoms with Crippen LogP contribution in [0.4, 0.5) is 0 Å². The van der Waals surface area contributed by atoms with Crippen molar-refractivity contribution in [2.75, 3.05) is 6.26 Å². The van der Waals surface area contributed by atoms with Crippen molar-refractivity contribution in [1.82, 2.24) is 9.40 Å². The van der Waals surface area contributed by atoms with Crippen LogP contribution in [0.15, 0.2) is 64.6 Å². The minimum Gasteiger partial charge on any atom is -0.344 e. The van der Waals surface area contributed by atoms with Gasteiger partial charge in [0.05, 0.1) is 27.7 Å². The van der Waals surface area contributed by atoms with Crippen molar-refractivity contribution in [3.8, 4) is 11.3 Å². The summed E-state index contributed by atoms with van der Waals surface area (Å²) in [5.74, 6) is 0. The lowest BCUT2D eigenvalue weighted by Gasteiger charge is -2.14. The summed E-state index contributed by atoms with van der Waals surface area (Å²) in [6, 6.07) is 15.1. The number of nitrogens with one attached hydrogen (secondary N) is 1. The van der Waals surface area contributed by atoms with Crippen LogP contribution in [0.2, 0.25) is 0 Å². The molecule has 0 bridgehead atoms. The number of hydrogen-bond acceptors (Lipinski definition) is 5. The molecule has 0 radical (unpaired) electrons. The molecule has 3 aromatic rings.